The van der Waals surface area contributed by atoms with Gasteiger partial charge < -0.3 is 21.1 Å². The number of urea groups is 1. The lowest BCUT2D eigenvalue weighted by atomic mass is 9.99. The van der Waals surface area contributed by atoms with Crippen LogP contribution in [0.1, 0.15) is 6.92 Å². The molecule has 3 amide bonds. The van der Waals surface area contributed by atoms with Crippen LogP contribution >= 0.6 is 0 Å². The highest BCUT2D eigenvalue weighted by Crippen LogP contribution is 2.22. The zero-order chi connectivity index (χ0) is 12.3. The average molecular weight is 229 g/mol. The van der Waals surface area contributed by atoms with Gasteiger partial charge in [0.1, 0.15) is 0 Å². The summed E-state index contributed by atoms with van der Waals surface area (Å²) in [4.78, 5) is 34.1. The van der Waals surface area contributed by atoms with Gasteiger partial charge in [-0.05, 0) is 5.92 Å². The van der Waals surface area contributed by atoms with Crippen molar-refractivity contribution in [2.45, 2.75) is 6.92 Å². The molecule has 1 saturated heterocycles. The average Bonchev–Trinajstić information content (AvgIpc) is 2.56. The molecule has 0 bridgehead atoms. The Morgan fingerprint density at radius 2 is 2.06 bits per heavy atom. The Labute approximate surface area is 92.6 Å². The third-order valence-electron chi connectivity index (χ3n) is 2.63. The Balaban J connectivity index is 2.48. The van der Waals surface area contributed by atoms with Gasteiger partial charge in [-0.25, -0.2) is 4.79 Å². The zero-order valence-corrected chi connectivity index (χ0v) is 8.97. The molecule has 1 heterocycles. The van der Waals surface area contributed by atoms with Crippen molar-refractivity contribution in [2.75, 3.05) is 19.6 Å². The molecule has 0 spiro atoms. The van der Waals surface area contributed by atoms with Crippen LogP contribution in [0.3, 0.4) is 0 Å². The summed E-state index contributed by atoms with van der Waals surface area (Å²) in [6, 6.07) is -0.450. The first-order valence-electron chi connectivity index (χ1n) is 4.95. The van der Waals surface area contributed by atoms with Crippen molar-refractivity contribution in [3.8, 4) is 0 Å². The second-order valence-electron chi connectivity index (χ2n) is 3.95. The summed E-state index contributed by atoms with van der Waals surface area (Å²) in [7, 11) is 0. The van der Waals surface area contributed by atoms with E-state index in [1.54, 1.807) is 6.92 Å². The molecule has 1 aliphatic heterocycles. The number of likely N-dealkylation sites (tertiary alicyclic amines) is 1. The van der Waals surface area contributed by atoms with E-state index < -0.39 is 23.8 Å². The number of aliphatic carboxylic acids is 1. The number of carboxylic acids is 1. The largest absolute Gasteiger partial charge is 0.481 e. The molecule has 16 heavy (non-hydrogen) atoms. The quantitative estimate of drug-likeness (QED) is 0.566. The number of carbonyl (C=O) groups excluding carboxylic acids is 2. The monoisotopic (exact) mass is 229 g/mol. The predicted molar refractivity (Wildman–Crippen MR) is 54.5 cm³/mol. The van der Waals surface area contributed by atoms with Crippen molar-refractivity contribution < 1.29 is 19.5 Å². The lowest BCUT2D eigenvalue weighted by Crippen LogP contribution is -2.42. The van der Waals surface area contributed by atoms with Gasteiger partial charge in [0.2, 0.25) is 5.91 Å². The van der Waals surface area contributed by atoms with Crippen molar-refractivity contribution in [2.24, 2.45) is 17.6 Å². The van der Waals surface area contributed by atoms with Crippen molar-refractivity contribution in [3.63, 3.8) is 0 Å². The van der Waals surface area contributed by atoms with Crippen LogP contribution < -0.4 is 11.1 Å². The molecule has 7 nitrogen and oxygen atoms in total. The Morgan fingerprint density at radius 3 is 2.50 bits per heavy atom. The number of carboxylic acid groups (broad SMARTS) is 1. The molecule has 0 aromatic carbocycles. The highest BCUT2D eigenvalue weighted by Gasteiger charge is 2.36. The Hall–Kier alpha value is -1.79. The van der Waals surface area contributed by atoms with Crippen molar-refractivity contribution in [1.29, 1.82) is 0 Å². The molecule has 1 aliphatic rings. The van der Waals surface area contributed by atoms with Gasteiger partial charge >= 0.3 is 12.0 Å². The van der Waals surface area contributed by atoms with E-state index in [4.69, 9.17) is 10.8 Å². The van der Waals surface area contributed by atoms with Gasteiger partial charge in [0.25, 0.3) is 0 Å². The smallest absolute Gasteiger partial charge is 0.317 e. The van der Waals surface area contributed by atoms with Gasteiger partial charge in [-0.15, -0.1) is 0 Å². The molecular formula is C9H15N3O4. The van der Waals surface area contributed by atoms with E-state index in [-0.39, 0.29) is 19.0 Å². The number of hydrogen-bond donors (Lipinski definition) is 3. The minimum Gasteiger partial charge on any atom is -0.481 e. The van der Waals surface area contributed by atoms with Gasteiger partial charge in [-0.1, -0.05) is 6.92 Å². The molecule has 90 valence electrons. The van der Waals surface area contributed by atoms with Gasteiger partial charge in [-0.2, -0.15) is 0 Å². The number of nitrogens with zero attached hydrogens (tertiary/aromatic N) is 1. The first-order chi connectivity index (χ1) is 7.41. The van der Waals surface area contributed by atoms with Gasteiger partial charge in [0.15, 0.2) is 0 Å². The maximum Gasteiger partial charge on any atom is 0.317 e. The SMILES string of the molecule is C[C@@H]1CN(C(=O)NCC(N)=O)C[C@H]1C(=O)O. The summed E-state index contributed by atoms with van der Waals surface area (Å²) in [5, 5.41) is 11.2. The fourth-order valence-electron chi connectivity index (χ4n) is 1.73. The molecule has 7 heteroatoms. The Kier molecular flexibility index (Phi) is 3.70. The molecule has 1 fully saturated rings. The van der Waals surface area contributed by atoms with Crippen molar-refractivity contribution in [3.05, 3.63) is 0 Å². The number of nitrogens with two attached hydrogens (primary N) is 1. The molecule has 0 aromatic rings. The van der Waals surface area contributed by atoms with Crippen LogP contribution in [0.15, 0.2) is 0 Å². The van der Waals surface area contributed by atoms with E-state index in [1.807, 2.05) is 0 Å². The molecule has 0 aliphatic carbocycles. The summed E-state index contributed by atoms with van der Waals surface area (Å²) in [5.74, 6) is -2.16. The van der Waals surface area contributed by atoms with E-state index in [0.717, 1.165) is 0 Å². The fourth-order valence-corrected chi connectivity index (χ4v) is 1.73. The first kappa shape index (κ1) is 12.3. The van der Waals surface area contributed by atoms with Gasteiger partial charge in [0.05, 0.1) is 12.5 Å². The normalized spacial score (nSPS) is 24.2. The first-order valence-corrected chi connectivity index (χ1v) is 4.95. The molecule has 0 radical (unpaired) electrons. The highest BCUT2D eigenvalue weighted by molar-refractivity contribution is 5.83. The van der Waals surface area contributed by atoms with Crippen LogP contribution in [0, 0.1) is 11.8 Å². The van der Waals surface area contributed by atoms with Crippen LogP contribution in [0.5, 0.6) is 0 Å². The van der Waals surface area contributed by atoms with E-state index in [2.05, 4.69) is 5.32 Å². The third kappa shape index (κ3) is 2.85. The summed E-state index contributed by atoms with van der Waals surface area (Å²) in [5.41, 5.74) is 4.88. The van der Waals surface area contributed by atoms with Crippen LogP contribution in [0.25, 0.3) is 0 Å². The minimum absolute atomic E-state index is 0.0863. The number of carbonyl (C=O) groups is 3. The predicted octanol–water partition coefficient (Wildman–Crippen LogP) is -1.17. The second-order valence-corrected chi connectivity index (χ2v) is 3.95. The topological polar surface area (TPSA) is 113 Å². The van der Waals surface area contributed by atoms with E-state index in [1.165, 1.54) is 4.90 Å². The van der Waals surface area contributed by atoms with Crippen molar-refractivity contribution >= 4 is 17.9 Å². The fraction of sp³-hybridized carbons (Fsp3) is 0.667. The maximum atomic E-state index is 11.5. The highest BCUT2D eigenvalue weighted by atomic mass is 16.4. The van der Waals surface area contributed by atoms with Gasteiger partial charge in [0, 0.05) is 13.1 Å². The zero-order valence-electron chi connectivity index (χ0n) is 8.97. The summed E-state index contributed by atoms with van der Waals surface area (Å²) in [6.45, 7) is 2.09. The van der Waals surface area contributed by atoms with Crippen LogP contribution in [0.4, 0.5) is 4.79 Å². The maximum absolute atomic E-state index is 11.5. The number of hydrogen-bond acceptors (Lipinski definition) is 3. The number of primary amides is 1. The Morgan fingerprint density at radius 1 is 1.44 bits per heavy atom. The molecule has 0 saturated carbocycles. The second kappa shape index (κ2) is 4.82. The molecule has 1 rings (SSSR count). The summed E-state index contributed by atoms with van der Waals surface area (Å²) < 4.78 is 0. The standard InChI is InChI=1S/C9H15N3O4/c1-5-3-12(4-6(5)8(14)15)9(16)11-2-7(10)13/h5-6H,2-4H2,1H3,(H2,10,13)(H,11,16)(H,14,15)/t5-,6-/m1/s1. The molecule has 0 unspecified atom stereocenters. The van der Waals surface area contributed by atoms with Gasteiger partial charge in [-0.3, -0.25) is 9.59 Å². The molecule has 2 atom stereocenters. The van der Waals surface area contributed by atoms with Crippen LogP contribution in [0.2, 0.25) is 0 Å². The van der Waals surface area contributed by atoms with E-state index in [9.17, 15) is 14.4 Å². The van der Waals surface area contributed by atoms with Crippen LogP contribution in [-0.4, -0.2) is 47.5 Å². The minimum atomic E-state index is -0.905. The number of rotatable bonds is 3. The molecule has 0 aromatic heterocycles. The van der Waals surface area contributed by atoms with Crippen molar-refractivity contribution in [1.82, 2.24) is 10.2 Å². The lowest BCUT2D eigenvalue weighted by molar-refractivity contribution is -0.142. The molecular weight excluding hydrogens is 214 g/mol. The Bertz CT molecular complexity index is 318. The lowest BCUT2D eigenvalue weighted by Gasteiger charge is -2.15. The summed E-state index contributed by atoms with van der Waals surface area (Å²) in [6.07, 6.45) is 0. The van der Waals surface area contributed by atoms with E-state index in [0.29, 0.717) is 6.54 Å². The molecule has 4 N–H and O–H groups in total. The number of amides is 3. The van der Waals surface area contributed by atoms with Crippen LogP contribution in [-0.2, 0) is 9.59 Å². The third-order valence-corrected chi connectivity index (χ3v) is 2.63. The number of nitrogens with one attached hydrogen (secondary N) is 1. The summed E-state index contributed by atoms with van der Waals surface area (Å²) >= 11 is 0. The van der Waals surface area contributed by atoms with E-state index >= 15 is 0 Å².